The minimum Gasteiger partial charge on any atom is -0.479 e. The molecule has 3 amide bonds. The molecule has 1 saturated heterocycles. The van der Waals surface area contributed by atoms with Crippen molar-refractivity contribution < 1.29 is 27.9 Å². The second-order valence-corrected chi connectivity index (χ2v) is 9.55. The molecule has 1 N–H and O–H groups in total. The van der Waals surface area contributed by atoms with Gasteiger partial charge in [0.15, 0.2) is 17.7 Å². The zero-order chi connectivity index (χ0) is 25.4. The van der Waals surface area contributed by atoms with E-state index in [1.807, 2.05) is 0 Å². The van der Waals surface area contributed by atoms with Gasteiger partial charge in [-0.25, -0.2) is 23.5 Å². The van der Waals surface area contributed by atoms with Crippen LogP contribution in [0.5, 0.6) is 5.75 Å². The number of halogens is 3. The van der Waals surface area contributed by atoms with Crippen LogP contribution in [0.2, 0.25) is 5.02 Å². The third kappa shape index (κ3) is 4.84. The maximum absolute atomic E-state index is 13.0. The second kappa shape index (κ2) is 9.96. The number of ether oxygens (including phenoxy) is 1. The number of aromatic nitrogens is 2. The van der Waals surface area contributed by atoms with Crippen LogP contribution in [0.4, 0.5) is 19.4 Å². The van der Waals surface area contributed by atoms with Crippen molar-refractivity contribution in [1.29, 1.82) is 0 Å². The van der Waals surface area contributed by atoms with Gasteiger partial charge in [-0.1, -0.05) is 11.6 Å². The highest BCUT2D eigenvalue weighted by Gasteiger charge is 2.38. The molecule has 2 fully saturated rings. The number of Topliss-reactive ketones (excluding diaryl/α,β-unsaturated/α-hetero) is 1. The van der Waals surface area contributed by atoms with Crippen LogP contribution in [0.25, 0.3) is 0 Å². The molecule has 5 rings (SSSR count). The molecule has 3 heterocycles. The standard InChI is InChI=1S/C24H24ClF2N5O4/c25-13-1-6-19-16(9-13)18(33)10-20(36-19)23(34)30-14-2-4-15(5-3-14)31-7-8-32(24(31)35)21-12-28-17(11-29-21)22(26)27/h1,6,9,11-12,14-15,20,22H,2-5,7-8,10H2,(H,30,34)/t14-,15-,20?. The fraction of sp³-hybridized carbons (Fsp3) is 0.458. The molecule has 1 saturated carbocycles. The molecule has 36 heavy (non-hydrogen) atoms. The molecule has 3 aliphatic rings. The number of benzene rings is 1. The predicted octanol–water partition coefficient (Wildman–Crippen LogP) is 3.77. The fourth-order valence-corrected chi connectivity index (χ4v) is 5.13. The molecule has 1 aliphatic carbocycles. The summed E-state index contributed by atoms with van der Waals surface area (Å²) in [6.07, 6.45) is 1.28. The molecule has 0 bridgehead atoms. The van der Waals surface area contributed by atoms with Crippen molar-refractivity contribution in [2.75, 3.05) is 18.0 Å². The molecular weight excluding hydrogens is 496 g/mol. The summed E-state index contributed by atoms with van der Waals surface area (Å²) < 4.78 is 31.2. The number of hydrogen-bond donors (Lipinski definition) is 1. The second-order valence-electron chi connectivity index (χ2n) is 9.12. The summed E-state index contributed by atoms with van der Waals surface area (Å²) in [5.74, 6) is 0.0822. The number of rotatable bonds is 5. The number of urea groups is 1. The van der Waals surface area contributed by atoms with Gasteiger partial charge in [0.25, 0.3) is 12.3 Å². The quantitative estimate of drug-likeness (QED) is 0.645. The maximum Gasteiger partial charge on any atom is 0.326 e. The van der Waals surface area contributed by atoms with Gasteiger partial charge in [-0.05, 0) is 43.9 Å². The Bertz CT molecular complexity index is 1170. The van der Waals surface area contributed by atoms with Crippen molar-refractivity contribution in [2.45, 2.75) is 56.7 Å². The number of nitrogens with zero attached hydrogens (tertiary/aromatic N) is 4. The van der Waals surface area contributed by atoms with Gasteiger partial charge in [0.05, 0.1) is 24.4 Å². The van der Waals surface area contributed by atoms with Crippen LogP contribution in [0.15, 0.2) is 30.6 Å². The van der Waals surface area contributed by atoms with Crippen molar-refractivity contribution in [1.82, 2.24) is 20.2 Å². The van der Waals surface area contributed by atoms with Gasteiger partial charge in [0.2, 0.25) is 0 Å². The number of anilines is 1. The van der Waals surface area contributed by atoms with Gasteiger partial charge in [0, 0.05) is 30.2 Å². The lowest BCUT2D eigenvalue weighted by Gasteiger charge is -2.35. The lowest BCUT2D eigenvalue weighted by molar-refractivity contribution is -0.129. The summed E-state index contributed by atoms with van der Waals surface area (Å²) in [6, 6.07) is 4.44. The Morgan fingerprint density at radius 2 is 1.89 bits per heavy atom. The van der Waals surface area contributed by atoms with Crippen molar-refractivity contribution in [3.8, 4) is 5.75 Å². The molecule has 9 nitrogen and oxygen atoms in total. The molecule has 1 aromatic carbocycles. The first-order chi connectivity index (χ1) is 17.3. The molecule has 1 aromatic heterocycles. The normalized spacial score (nSPS) is 24.1. The van der Waals surface area contributed by atoms with E-state index < -0.39 is 18.2 Å². The summed E-state index contributed by atoms with van der Waals surface area (Å²) >= 11 is 5.95. The van der Waals surface area contributed by atoms with Crippen molar-refractivity contribution in [3.05, 3.63) is 46.9 Å². The van der Waals surface area contributed by atoms with E-state index in [9.17, 15) is 23.2 Å². The number of hydrogen-bond acceptors (Lipinski definition) is 6. The first kappa shape index (κ1) is 24.4. The average Bonchev–Trinajstić information content (AvgIpc) is 3.26. The summed E-state index contributed by atoms with van der Waals surface area (Å²) in [7, 11) is 0. The van der Waals surface area contributed by atoms with Gasteiger partial charge in [0.1, 0.15) is 11.4 Å². The van der Waals surface area contributed by atoms with E-state index >= 15 is 0 Å². The molecule has 2 aromatic rings. The van der Waals surface area contributed by atoms with E-state index in [0.717, 1.165) is 6.20 Å². The van der Waals surface area contributed by atoms with Crippen molar-refractivity contribution in [2.24, 2.45) is 0 Å². The summed E-state index contributed by atoms with van der Waals surface area (Å²) in [5, 5.41) is 3.42. The van der Waals surface area contributed by atoms with E-state index in [2.05, 4.69) is 15.3 Å². The Morgan fingerprint density at radius 1 is 1.11 bits per heavy atom. The molecule has 12 heteroatoms. The number of fused-ring (bicyclic) bond motifs is 1. The zero-order valence-corrected chi connectivity index (χ0v) is 20.0. The van der Waals surface area contributed by atoms with Crippen molar-refractivity contribution >= 4 is 35.1 Å². The Balaban J connectivity index is 1.13. The number of ketones is 1. The smallest absolute Gasteiger partial charge is 0.326 e. The van der Waals surface area contributed by atoms with Crippen molar-refractivity contribution in [3.63, 3.8) is 0 Å². The van der Waals surface area contributed by atoms with Gasteiger partial charge in [-0.15, -0.1) is 0 Å². The first-order valence-corrected chi connectivity index (χ1v) is 12.2. The Hall–Kier alpha value is -3.34. The zero-order valence-electron chi connectivity index (χ0n) is 19.2. The van der Waals surface area contributed by atoms with Gasteiger partial charge in [-0.3, -0.25) is 14.5 Å². The first-order valence-electron chi connectivity index (χ1n) is 11.8. The van der Waals surface area contributed by atoms with Crippen LogP contribution in [0.3, 0.4) is 0 Å². The molecule has 0 spiro atoms. The largest absolute Gasteiger partial charge is 0.479 e. The van der Waals surface area contributed by atoms with Crippen LogP contribution in [0.1, 0.15) is 54.6 Å². The topological polar surface area (TPSA) is 105 Å². The minimum atomic E-state index is -2.71. The highest BCUT2D eigenvalue weighted by molar-refractivity contribution is 6.31. The third-order valence-electron chi connectivity index (χ3n) is 6.86. The van der Waals surface area contributed by atoms with Crippen LogP contribution < -0.4 is 15.0 Å². The lowest BCUT2D eigenvalue weighted by atomic mass is 9.90. The molecular formula is C24H24ClF2N5O4. The van der Waals surface area contributed by atoms with E-state index in [-0.39, 0.29) is 42.0 Å². The van der Waals surface area contributed by atoms with E-state index in [0.29, 0.717) is 55.1 Å². The Morgan fingerprint density at radius 3 is 2.58 bits per heavy atom. The van der Waals surface area contributed by atoms with Gasteiger partial charge >= 0.3 is 6.03 Å². The Labute approximate surface area is 210 Å². The number of amides is 3. The predicted molar refractivity (Wildman–Crippen MR) is 125 cm³/mol. The van der Waals surface area contributed by atoms with Gasteiger partial charge < -0.3 is 15.0 Å². The van der Waals surface area contributed by atoms with E-state index in [4.69, 9.17) is 16.3 Å². The maximum atomic E-state index is 13.0. The van der Waals surface area contributed by atoms with Gasteiger partial charge in [-0.2, -0.15) is 0 Å². The SMILES string of the molecule is O=C1CC(C(=O)N[C@H]2CC[C@H](N3CCN(c4cnc(C(F)F)cn4)C3=O)CC2)Oc2ccc(Cl)cc21. The molecule has 1 atom stereocenters. The molecule has 0 radical (unpaired) electrons. The number of carbonyl (C=O) groups excluding carboxylic acids is 3. The highest BCUT2D eigenvalue weighted by atomic mass is 35.5. The average molecular weight is 520 g/mol. The molecule has 2 aliphatic heterocycles. The Kier molecular flexibility index (Phi) is 6.74. The fourth-order valence-electron chi connectivity index (χ4n) is 4.96. The molecule has 190 valence electrons. The summed E-state index contributed by atoms with van der Waals surface area (Å²) in [5.41, 5.74) is -0.0495. The number of alkyl halides is 2. The van der Waals surface area contributed by atoms with Crippen LogP contribution in [0, 0.1) is 0 Å². The highest BCUT2D eigenvalue weighted by Crippen LogP contribution is 2.31. The number of carbonyl (C=O) groups is 3. The third-order valence-corrected chi connectivity index (χ3v) is 7.09. The minimum absolute atomic E-state index is 0.00748. The van der Waals surface area contributed by atoms with Crippen LogP contribution >= 0.6 is 11.6 Å². The van der Waals surface area contributed by atoms with Crippen LogP contribution in [-0.4, -0.2) is 63.9 Å². The summed E-state index contributed by atoms with van der Waals surface area (Å²) in [4.78, 5) is 49.1. The van der Waals surface area contributed by atoms with E-state index in [1.54, 1.807) is 23.1 Å². The van der Waals surface area contributed by atoms with Crippen LogP contribution in [-0.2, 0) is 4.79 Å². The molecule has 1 unspecified atom stereocenters. The van der Waals surface area contributed by atoms with E-state index in [1.165, 1.54) is 11.1 Å². The number of nitrogens with one attached hydrogen (secondary N) is 1. The lowest BCUT2D eigenvalue weighted by Crippen LogP contribution is -2.49. The summed E-state index contributed by atoms with van der Waals surface area (Å²) in [6.45, 7) is 0.901. The monoisotopic (exact) mass is 519 g/mol.